The van der Waals surface area contributed by atoms with Crippen molar-refractivity contribution in [3.8, 4) is 5.75 Å². The second-order valence-corrected chi connectivity index (χ2v) is 4.96. The van der Waals surface area contributed by atoms with E-state index >= 15 is 0 Å². The molecule has 0 bridgehead atoms. The van der Waals surface area contributed by atoms with Crippen molar-refractivity contribution in [1.29, 1.82) is 0 Å². The van der Waals surface area contributed by atoms with Crippen molar-refractivity contribution in [2.24, 2.45) is 5.10 Å². The summed E-state index contributed by atoms with van der Waals surface area (Å²) in [4.78, 5) is 11.7. The van der Waals surface area contributed by atoms with Crippen LogP contribution in [0, 0.1) is 0 Å². The molecule has 0 saturated heterocycles. The number of amides is 2. The van der Waals surface area contributed by atoms with Gasteiger partial charge in [-0.25, -0.2) is 10.2 Å². The minimum absolute atomic E-state index is 0.392. The van der Waals surface area contributed by atoms with Gasteiger partial charge in [-0.2, -0.15) is 5.10 Å². The van der Waals surface area contributed by atoms with Crippen molar-refractivity contribution >= 4 is 17.9 Å². The summed E-state index contributed by atoms with van der Waals surface area (Å²) in [7, 11) is 0. The number of urea groups is 1. The zero-order valence-electron chi connectivity index (χ0n) is 13.2. The highest BCUT2D eigenvalue weighted by Gasteiger charge is 2.00. The highest BCUT2D eigenvalue weighted by molar-refractivity contribution is 5.90. The van der Waals surface area contributed by atoms with E-state index in [2.05, 4.69) is 22.8 Å². The zero-order valence-corrected chi connectivity index (χ0v) is 13.2. The lowest BCUT2D eigenvalue weighted by Crippen LogP contribution is -2.24. The molecule has 0 unspecified atom stereocenters. The van der Waals surface area contributed by atoms with Crippen molar-refractivity contribution in [2.75, 3.05) is 11.9 Å². The third-order valence-electron chi connectivity index (χ3n) is 3.06. The first-order chi connectivity index (χ1) is 11.3. The largest absolute Gasteiger partial charge is 0.494 e. The molecule has 2 aromatic rings. The Morgan fingerprint density at radius 3 is 2.57 bits per heavy atom. The van der Waals surface area contributed by atoms with Gasteiger partial charge in [0.15, 0.2) is 0 Å². The van der Waals surface area contributed by atoms with Crippen LogP contribution >= 0.6 is 0 Å². The van der Waals surface area contributed by atoms with E-state index < -0.39 is 6.03 Å². The third kappa shape index (κ3) is 6.22. The monoisotopic (exact) mass is 311 g/mol. The second-order valence-electron chi connectivity index (χ2n) is 4.96. The first-order valence-corrected chi connectivity index (χ1v) is 7.66. The van der Waals surface area contributed by atoms with E-state index in [0.29, 0.717) is 12.3 Å². The highest BCUT2D eigenvalue weighted by Crippen LogP contribution is 2.15. The number of carbonyl (C=O) groups is 1. The SMILES string of the molecule is CCCCOc1ccc(NC(=O)NN=Cc2ccccc2)cc1. The molecule has 0 spiro atoms. The Bertz CT molecular complexity index is 624. The summed E-state index contributed by atoms with van der Waals surface area (Å²) in [6, 6.07) is 16.4. The molecule has 5 heteroatoms. The number of unbranched alkanes of at least 4 members (excludes halogenated alkanes) is 1. The van der Waals surface area contributed by atoms with Gasteiger partial charge in [0.2, 0.25) is 0 Å². The molecule has 120 valence electrons. The number of carbonyl (C=O) groups excluding carboxylic acids is 1. The van der Waals surface area contributed by atoms with Crippen LogP contribution in [0.15, 0.2) is 59.7 Å². The molecular formula is C18H21N3O2. The van der Waals surface area contributed by atoms with Crippen molar-refractivity contribution in [2.45, 2.75) is 19.8 Å². The molecule has 0 heterocycles. The van der Waals surface area contributed by atoms with Gasteiger partial charge in [0.1, 0.15) is 5.75 Å². The maximum Gasteiger partial charge on any atom is 0.339 e. The minimum Gasteiger partial charge on any atom is -0.494 e. The summed E-state index contributed by atoms with van der Waals surface area (Å²) in [6.45, 7) is 2.83. The quantitative estimate of drug-likeness (QED) is 0.461. The highest BCUT2D eigenvalue weighted by atomic mass is 16.5. The van der Waals surface area contributed by atoms with E-state index in [4.69, 9.17) is 4.74 Å². The van der Waals surface area contributed by atoms with Gasteiger partial charge in [-0.15, -0.1) is 0 Å². The molecule has 2 aromatic carbocycles. The molecule has 5 nitrogen and oxygen atoms in total. The normalized spacial score (nSPS) is 10.5. The number of nitrogens with one attached hydrogen (secondary N) is 2. The van der Waals surface area contributed by atoms with E-state index in [9.17, 15) is 4.79 Å². The average molecular weight is 311 g/mol. The Morgan fingerprint density at radius 1 is 1.13 bits per heavy atom. The summed E-state index contributed by atoms with van der Waals surface area (Å²) in [5, 5.41) is 6.60. The van der Waals surface area contributed by atoms with Crippen LogP contribution in [0.4, 0.5) is 10.5 Å². The summed E-state index contributed by atoms with van der Waals surface area (Å²) in [6.07, 6.45) is 3.72. The standard InChI is InChI=1S/C18H21N3O2/c1-2-3-13-23-17-11-9-16(10-12-17)20-18(22)21-19-14-15-7-5-4-6-8-15/h4-12,14H,2-3,13H2,1H3,(H2,20,21,22). The topological polar surface area (TPSA) is 62.7 Å². The fourth-order valence-electron chi connectivity index (χ4n) is 1.83. The first-order valence-electron chi connectivity index (χ1n) is 7.66. The Labute approximate surface area is 136 Å². The van der Waals surface area contributed by atoms with E-state index in [1.165, 1.54) is 0 Å². The number of rotatable bonds is 7. The van der Waals surface area contributed by atoms with Crippen molar-refractivity contribution in [1.82, 2.24) is 5.43 Å². The van der Waals surface area contributed by atoms with Gasteiger partial charge >= 0.3 is 6.03 Å². The molecule has 2 rings (SSSR count). The fraction of sp³-hybridized carbons (Fsp3) is 0.222. The van der Waals surface area contributed by atoms with Crippen molar-refractivity contribution < 1.29 is 9.53 Å². The molecule has 0 aliphatic rings. The van der Waals surface area contributed by atoms with Crippen molar-refractivity contribution in [3.05, 3.63) is 60.2 Å². The lowest BCUT2D eigenvalue weighted by atomic mass is 10.2. The van der Waals surface area contributed by atoms with E-state index in [1.54, 1.807) is 18.3 Å². The van der Waals surface area contributed by atoms with E-state index in [0.717, 1.165) is 24.2 Å². The number of nitrogens with zero attached hydrogens (tertiary/aromatic N) is 1. The molecular weight excluding hydrogens is 290 g/mol. The van der Waals surface area contributed by atoms with Crippen LogP contribution in [0.1, 0.15) is 25.3 Å². The molecule has 2 N–H and O–H groups in total. The third-order valence-corrected chi connectivity index (χ3v) is 3.06. The number of anilines is 1. The van der Waals surface area contributed by atoms with Crippen molar-refractivity contribution in [3.63, 3.8) is 0 Å². The van der Waals surface area contributed by atoms with Crippen LogP contribution in [0.3, 0.4) is 0 Å². The summed E-state index contributed by atoms with van der Waals surface area (Å²) < 4.78 is 5.57. The molecule has 0 aliphatic heterocycles. The maximum atomic E-state index is 11.7. The van der Waals surface area contributed by atoms with Gasteiger partial charge in [0.05, 0.1) is 12.8 Å². The predicted octanol–water partition coefficient (Wildman–Crippen LogP) is 4.02. The van der Waals surface area contributed by atoms with Crippen LogP contribution in [-0.2, 0) is 0 Å². The zero-order chi connectivity index (χ0) is 16.3. The molecule has 0 fully saturated rings. The Morgan fingerprint density at radius 2 is 1.87 bits per heavy atom. The summed E-state index contributed by atoms with van der Waals surface area (Å²) in [5.41, 5.74) is 4.02. The lowest BCUT2D eigenvalue weighted by Gasteiger charge is -2.07. The second kappa shape index (κ2) is 9.25. The van der Waals surface area contributed by atoms with E-state index in [-0.39, 0.29) is 0 Å². The maximum absolute atomic E-state index is 11.7. The van der Waals surface area contributed by atoms with Crippen LogP contribution in [0.5, 0.6) is 5.75 Å². The number of hydrogen-bond acceptors (Lipinski definition) is 3. The molecule has 0 saturated carbocycles. The number of ether oxygens (including phenoxy) is 1. The number of hydrogen-bond donors (Lipinski definition) is 2. The van der Waals surface area contributed by atoms with Gasteiger partial charge in [-0.1, -0.05) is 43.7 Å². The number of benzene rings is 2. The molecule has 0 radical (unpaired) electrons. The molecule has 2 amide bonds. The molecule has 0 atom stereocenters. The molecule has 23 heavy (non-hydrogen) atoms. The average Bonchev–Trinajstić information content (AvgIpc) is 2.58. The van der Waals surface area contributed by atoms with Crippen LogP contribution < -0.4 is 15.5 Å². The van der Waals surface area contributed by atoms with Gasteiger partial charge in [-0.05, 0) is 36.2 Å². The summed E-state index contributed by atoms with van der Waals surface area (Å²) >= 11 is 0. The Hall–Kier alpha value is -2.82. The van der Waals surface area contributed by atoms with Gasteiger partial charge in [-0.3, -0.25) is 0 Å². The van der Waals surface area contributed by atoms with Crippen LogP contribution in [-0.4, -0.2) is 18.9 Å². The first kappa shape index (κ1) is 16.5. The van der Waals surface area contributed by atoms with E-state index in [1.807, 2.05) is 42.5 Å². The predicted molar refractivity (Wildman–Crippen MR) is 93.0 cm³/mol. The Kier molecular flexibility index (Phi) is 6.65. The minimum atomic E-state index is -0.392. The van der Waals surface area contributed by atoms with Crippen LogP contribution in [0.25, 0.3) is 0 Å². The van der Waals surface area contributed by atoms with Gasteiger partial charge < -0.3 is 10.1 Å². The van der Waals surface area contributed by atoms with Crippen LogP contribution in [0.2, 0.25) is 0 Å². The smallest absolute Gasteiger partial charge is 0.339 e. The fourth-order valence-corrected chi connectivity index (χ4v) is 1.83. The molecule has 0 aliphatic carbocycles. The molecule has 0 aromatic heterocycles. The van der Waals surface area contributed by atoms with Gasteiger partial charge in [0, 0.05) is 5.69 Å². The van der Waals surface area contributed by atoms with Gasteiger partial charge in [0.25, 0.3) is 0 Å². The number of hydrazone groups is 1. The summed E-state index contributed by atoms with van der Waals surface area (Å²) in [5.74, 6) is 0.798. The Balaban J connectivity index is 1.77. The lowest BCUT2D eigenvalue weighted by molar-refractivity contribution is 0.252.